The zero-order chi connectivity index (χ0) is 17.3. The van der Waals surface area contributed by atoms with E-state index in [0.29, 0.717) is 18.9 Å². The van der Waals surface area contributed by atoms with Crippen LogP contribution in [0, 0.1) is 0 Å². The Labute approximate surface area is 162 Å². The summed E-state index contributed by atoms with van der Waals surface area (Å²) in [6, 6.07) is 6.37. The van der Waals surface area contributed by atoms with Crippen LogP contribution in [0.3, 0.4) is 0 Å². The molecule has 2 aromatic rings. The summed E-state index contributed by atoms with van der Waals surface area (Å²) < 4.78 is 63.3. The van der Waals surface area contributed by atoms with Crippen LogP contribution >= 0.6 is 0 Å². The van der Waals surface area contributed by atoms with Crippen molar-refractivity contribution < 1.29 is 60.2 Å². The van der Waals surface area contributed by atoms with Crippen LogP contribution in [-0.2, 0) is 24.4 Å². The van der Waals surface area contributed by atoms with Crippen LogP contribution in [0.15, 0.2) is 40.1 Å². The fourth-order valence-corrected chi connectivity index (χ4v) is 3.93. The molecule has 0 aromatic heterocycles. The van der Waals surface area contributed by atoms with E-state index in [-0.39, 0.29) is 46.9 Å². The first-order valence-electron chi connectivity index (χ1n) is 6.78. The Bertz CT molecular complexity index is 937. The standard InChI is InChI=1S/C14H16O7S2.Na/c1-2-3-8-21-23(19,20)12-9-13(22(16,17)18)14(15)11-7-5-4-6-10(11)12;/h4-7,9,15H,2-3,8H2,1H3,(H,16,17,18);/q;+1/p-1. The molecule has 0 unspecified atom stereocenters. The number of hydrogen-bond donors (Lipinski definition) is 1. The van der Waals surface area contributed by atoms with Crippen molar-refractivity contribution in [2.24, 2.45) is 0 Å². The Morgan fingerprint density at radius 1 is 1.08 bits per heavy atom. The Hall–Kier alpha value is -0.680. The van der Waals surface area contributed by atoms with Gasteiger partial charge in [-0.25, -0.2) is 8.42 Å². The Balaban J connectivity index is 0.00000288. The van der Waals surface area contributed by atoms with E-state index in [4.69, 9.17) is 4.18 Å². The van der Waals surface area contributed by atoms with Crippen molar-refractivity contribution in [3.63, 3.8) is 0 Å². The molecule has 0 heterocycles. The number of fused-ring (bicyclic) bond motifs is 1. The number of unbranched alkanes of at least 4 members (excludes halogenated alkanes) is 1. The third kappa shape index (κ3) is 4.48. The van der Waals surface area contributed by atoms with Crippen LogP contribution in [0.5, 0.6) is 5.75 Å². The molecule has 2 aromatic carbocycles. The van der Waals surface area contributed by atoms with Crippen LogP contribution in [0.4, 0.5) is 0 Å². The fourth-order valence-electron chi connectivity index (χ4n) is 2.08. The fraction of sp³-hybridized carbons (Fsp3) is 0.286. The summed E-state index contributed by atoms with van der Waals surface area (Å²) in [7, 11) is -9.33. The van der Waals surface area contributed by atoms with Crippen molar-refractivity contribution >= 4 is 31.0 Å². The quantitative estimate of drug-likeness (QED) is 0.293. The minimum absolute atomic E-state index is 0. The molecule has 24 heavy (non-hydrogen) atoms. The van der Waals surface area contributed by atoms with Gasteiger partial charge in [-0.2, -0.15) is 8.42 Å². The molecule has 0 aliphatic heterocycles. The topological polar surface area (TPSA) is 121 Å². The molecular formula is C14H15NaO7S2. The third-order valence-corrected chi connectivity index (χ3v) is 5.42. The van der Waals surface area contributed by atoms with E-state index in [2.05, 4.69) is 0 Å². The maximum Gasteiger partial charge on any atom is 1.00 e. The molecule has 0 bridgehead atoms. The van der Waals surface area contributed by atoms with Crippen molar-refractivity contribution in [2.45, 2.75) is 29.6 Å². The number of benzene rings is 2. The van der Waals surface area contributed by atoms with Gasteiger partial charge in [0, 0.05) is 10.8 Å². The maximum atomic E-state index is 12.3. The summed E-state index contributed by atoms with van der Waals surface area (Å²) in [5.41, 5.74) is 0. The molecule has 0 saturated carbocycles. The second-order valence-corrected chi connectivity index (χ2v) is 7.78. The van der Waals surface area contributed by atoms with Gasteiger partial charge in [0.05, 0.1) is 11.5 Å². The van der Waals surface area contributed by atoms with Gasteiger partial charge in [-0.05, 0) is 12.5 Å². The SMILES string of the molecule is CCCCOS(=O)(=O)c1cc(S(=O)(=O)[O-])c(O)c2ccccc12.[Na+]. The Morgan fingerprint density at radius 2 is 1.67 bits per heavy atom. The second kappa shape index (κ2) is 8.13. The predicted molar refractivity (Wildman–Crippen MR) is 81.6 cm³/mol. The third-order valence-electron chi connectivity index (χ3n) is 3.22. The molecule has 0 spiro atoms. The van der Waals surface area contributed by atoms with Crippen LogP contribution in [0.1, 0.15) is 19.8 Å². The Morgan fingerprint density at radius 3 is 2.21 bits per heavy atom. The summed E-state index contributed by atoms with van der Waals surface area (Å²) in [6.45, 7) is 1.79. The zero-order valence-electron chi connectivity index (χ0n) is 13.2. The molecule has 10 heteroatoms. The molecule has 0 amide bonds. The van der Waals surface area contributed by atoms with Crippen molar-refractivity contribution in [2.75, 3.05) is 6.61 Å². The molecule has 0 atom stereocenters. The minimum atomic E-state index is -5.05. The van der Waals surface area contributed by atoms with Crippen molar-refractivity contribution in [3.05, 3.63) is 30.3 Å². The van der Waals surface area contributed by atoms with E-state index in [1.165, 1.54) is 24.3 Å². The maximum absolute atomic E-state index is 12.3. The second-order valence-electron chi connectivity index (χ2n) is 4.85. The number of rotatable bonds is 6. The summed E-state index contributed by atoms with van der Waals surface area (Å²) >= 11 is 0. The summed E-state index contributed by atoms with van der Waals surface area (Å²) in [6.07, 6.45) is 1.22. The number of aromatic hydroxyl groups is 1. The van der Waals surface area contributed by atoms with Gasteiger partial charge in [-0.3, -0.25) is 4.18 Å². The van der Waals surface area contributed by atoms with E-state index in [1.807, 2.05) is 6.92 Å². The minimum Gasteiger partial charge on any atom is -0.744 e. The van der Waals surface area contributed by atoms with Gasteiger partial charge in [0.15, 0.2) is 0 Å². The predicted octanol–water partition coefficient (Wildman–Crippen LogP) is -1.04. The van der Waals surface area contributed by atoms with Gasteiger partial charge in [0.1, 0.15) is 20.8 Å². The average Bonchev–Trinajstić information content (AvgIpc) is 2.46. The molecule has 2 rings (SSSR count). The first-order chi connectivity index (χ1) is 10.7. The van der Waals surface area contributed by atoms with E-state index < -0.39 is 35.8 Å². The molecule has 0 radical (unpaired) electrons. The molecule has 0 aliphatic rings. The van der Waals surface area contributed by atoms with E-state index >= 15 is 0 Å². The van der Waals surface area contributed by atoms with Gasteiger partial charge >= 0.3 is 29.6 Å². The number of phenols is 1. The molecule has 0 aliphatic carbocycles. The van der Waals surface area contributed by atoms with E-state index in [9.17, 15) is 26.5 Å². The first kappa shape index (κ1) is 21.4. The van der Waals surface area contributed by atoms with Crippen LogP contribution in [0.25, 0.3) is 10.8 Å². The Kier molecular flexibility index (Phi) is 7.24. The molecule has 7 nitrogen and oxygen atoms in total. The van der Waals surface area contributed by atoms with Gasteiger partial charge < -0.3 is 9.66 Å². The number of hydrogen-bond acceptors (Lipinski definition) is 7. The van der Waals surface area contributed by atoms with Crippen molar-refractivity contribution in [3.8, 4) is 5.75 Å². The van der Waals surface area contributed by atoms with E-state index in [0.717, 1.165) is 0 Å². The van der Waals surface area contributed by atoms with Crippen LogP contribution in [0.2, 0.25) is 0 Å². The van der Waals surface area contributed by atoms with Gasteiger partial charge in [-0.1, -0.05) is 37.6 Å². The molecule has 0 fully saturated rings. The molecule has 1 N–H and O–H groups in total. The zero-order valence-corrected chi connectivity index (χ0v) is 16.9. The molecule has 0 saturated heterocycles. The largest absolute Gasteiger partial charge is 1.00 e. The first-order valence-corrected chi connectivity index (χ1v) is 9.60. The van der Waals surface area contributed by atoms with Gasteiger partial charge in [-0.15, -0.1) is 0 Å². The number of phenolic OH excluding ortho intramolecular Hbond substituents is 1. The normalized spacial score (nSPS) is 12.1. The van der Waals surface area contributed by atoms with E-state index in [1.54, 1.807) is 0 Å². The summed E-state index contributed by atoms with van der Waals surface area (Å²) in [5.74, 6) is -0.775. The molecule has 126 valence electrons. The molecular weight excluding hydrogens is 367 g/mol. The summed E-state index contributed by atoms with van der Waals surface area (Å²) in [4.78, 5) is -1.45. The summed E-state index contributed by atoms with van der Waals surface area (Å²) in [5, 5.41) is 10.00. The van der Waals surface area contributed by atoms with Crippen molar-refractivity contribution in [1.29, 1.82) is 0 Å². The van der Waals surface area contributed by atoms with Gasteiger partial charge in [0.25, 0.3) is 10.1 Å². The smallest absolute Gasteiger partial charge is 0.744 e. The monoisotopic (exact) mass is 382 g/mol. The average molecular weight is 382 g/mol. The van der Waals surface area contributed by atoms with Crippen LogP contribution in [-0.4, -0.2) is 33.1 Å². The van der Waals surface area contributed by atoms with Crippen molar-refractivity contribution in [1.82, 2.24) is 0 Å². The van der Waals surface area contributed by atoms with Crippen LogP contribution < -0.4 is 29.6 Å². The van der Waals surface area contributed by atoms with Gasteiger partial charge in [0.2, 0.25) is 0 Å².